The molecule has 21 heavy (non-hydrogen) atoms. The van der Waals surface area contributed by atoms with E-state index in [1.165, 1.54) is 0 Å². The summed E-state index contributed by atoms with van der Waals surface area (Å²) in [7, 11) is 0. The highest BCUT2D eigenvalue weighted by molar-refractivity contribution is 9.10. The van der Waals surface area contributed by atoms with Crippen LogP contribution in [0.1, 0.15) is 44.8 Å². The number of aromatic nitrogens is 2. The molecule has 1 heterocycles. The van der Waals surface area contributed by atoms with E-state index in [4.69, 9.17) is 4.98 Å². The summed E-state index contributed by atoms with van der Waals surface area (Å²) in [6.45, 7) is 8.40. The molecular formula is C17H21BrN2O. The molecule has 0 aliphatic heterocycles. The summed E-state index contributed by atoms with van der Waals surface area (Å²) in [5.41, 5.74) is 1.51. The molecule has 0 amide bonds. The fourth-order valence-electron chi connectivity index (χ4n) is 2.31. The van der Waals surface area contributed by atoms with Crippen LogP contribution in [0.2, 0.25) is 0 Å². The van der Waals surface area contributed by atoms with Gasteiger partial charge in [0.2, 0.25) is 0 Å². The maximum absolute atomic E-state index is 12.2. The lowest BCUT2D eigenvalue weighted by atomic mass is 9.83. The van der Waals surface area contributed by atoms with Crippen LogP contribution in [0.25, 0.3) is 0 Å². The predicted molar refractivity (Wildman–Crippen MR) is 89.7 cm³/mol. The first kappa shape index (κ1) is 16.0. The van der Waals surface area contributed by atoms with Crippen LogP contribution in [-0.2, 0) is 11.8 Å². The lowest BCUT2D eigenvalue weighted by Crippen LogP contribution is -2.28. The van der Waals surface area contributed by atoms with Gasteiger partial charge in [0, 0.05) is 5.41 Å². The van der Waals surface area contributed by atoms with Crippen LogP contribution in [0.3, 0.4) is 0 Å². The van der Waals surface area contributed by atoms with Crippen LogP contribution in [0.4, 0.5) is 0 Å². The van der Waals surface area contributed by atoms with Crippen molar-refractivity contribution in [3.8, 4) is 0 Å². The van der Waals surface area contributed by atoms with Crippen LogP contribution < -0.4 is 5.56 Å². The second kappa shape index (κ2) is 6.14. The van der Waals surface area contributed by atoms with E-state index in [-0.39, 0.29) is 11.0 Å². The van der Waals surface area contributed by atoms with Gasteiger partial charge in [-0.2, -0.15) is 0 Å². The van der Waals surface area contributed by atoms with Crippen LogP contribution >= 0.6 is 15.9 Å². The minimum atomic E-state index is -0.340. The second-order valence-corrected chi connectivity index (χ2v) is 7.06. The van der Waals surface area contributed by atoms with Crippen LogP contribution in [0.15, 0.2) is 39.6 Å². The van der Waals surface area contributed by atoms with E-state index in [9.17, 15) is 4.79 Å². The van der Waals surface area contributed by atoms with Gasteiger partial charge in [0.15, 0.2) is 0 Å². The summed E-state index contributed by atoms with van der Waals surface area (Å²) in [5, 5.41) is 0. The number of H-pyrrole nitrogens is 1. The number of hydrogen-bond acceptors (Lipinski definition) is 2. The van der Waals surface area contributed by atoms with Crippen molar-refractivity contribution in [2.45, 2.75) is 39.5 Å². The van der Waals surface area contributed by atoms with Crippen molar-refractivity contribution in [1.82, 2.24) is 9.97 Å². The van der Waals surface area contributed by atoms with E-state index >= 15 is 0 Å². The van der Waals surface area contributed by atoms with E-state index in [0.29, 0.717) is 16.2 Å². The first-order chi connectivity index (χ1) is 9.82. The monoisotopic (exact) mass is 348 g/mol. The van der Waals surface area contributed by atoms with Crippen molar-refractivity contribution in [3.63, 3.8) is 0 Å². The largest absolute Gasteiger partial charge is 0.309 e. The Hall–Kier alpha value is -1.42. The average molecular weight is 349 g/mol. The molecule has 0 spiro atoms. The molecule has 0 bridgehead atoms. The molecule has 112 valence electrons. The van der Waals surface area contributed by atoms with Crippen molar-refractivity contribution in [3.05, 3.63) is 62.2 Å². The average Bonchev–Trinajstić information content (AvgIpc) is 2.44. The highest BCUT2D eigenvalue weighted by Crippen LogP contribution is 2.29. The first-order valence-corrected chi connectivity index (χ1v) is 7.96. The molecule has 0 aliphatic rings. The van der Waals surface area contributed by atoms with E-state index < -0.39 is 0 Å². The van der Waals surface area contributed by atoms with Crippen molar-refractivity contribution >= 4 is 15.9 Å². The molecule has 3 nitrogen and oxygen atoms in total. The zero-order valence-electron chi connectivity index (χ0n) is 12.9. The van der Waals surface area contributed by atoms with Gasteiger partial charge in [-0.15, -0.1) is 0 Å². The summed E-state index contributed by atoms with van der Waals surface area (Å²) in [6.07, 6.45) is 0.780. The number of nitrogens with one attached hydrogen (secondary N) is 1. The first-order valence-electron chi connectivity index (χ1n) is 7.17. The van der Waals surface area contributed by atoms with Crippen molar-refractivity contribution in [1.29, 1.82) is 0 Å². The summed E-state index contributed by atoms with van der Waals surface area (Å²) in [5.74, 6) is 1.15. The third-order valence-corrected chi connectivity index (χ3v) is 4.44. The van der Waals surface area contributed by atoms with Gasteiger partial charge in [-0.05, 0) is 47.7 Å². The van der Waals surface area contributed by atoms with E-state index in [2.05, 4.69) is 60.7 Å². The summed E-state index contributed by atoms with van der Waals surface area (Å²) in [4.78, 5) is 19.8. The van der Waals surface area contributed by atoms with Crippen molar-refractivity contribution in [2.75, 3.05) is 0 Å². The quantitative estimate of drug-likeness (QED) is 0.905. The molecular weight excluding hydrogens is 328 g/mol. The molecule has 1 N–H and O–H groups in total. The molecule has 1 aromatic carbocycles. The molecule has 0 saturated heterocycles. The zero-order valence-corrected chi connectivity index (χ0v) is 14.5. The van der Waals surface area contributed by atoms with Crippen LogP contribution in [0, 0.1) is 5.92 Å². The molecule has 0 saturated carbocycles. The van der Waals surface area contributed by atoms with Gasteiger partial charge in [-0.25, -0.2) is 4.98 Å². The van der Waals surface area contributed by atoms with E-state index in [1.54, 1.807) is 0 Å². The Morgan fingerprint density at radius 3 is 2.43 bits per heavy atom. The lowest BCUT2D eigenvalue weighted by molar-refractivity contribution is 0.566. The maximum atomic E-state index is 12.2. The number of halogens is 1. The van der Waals surface area contributed by atoms with Crippen LogP contribution in [-0.4, -0.2) is 9.97 Å². The third-order valence-electron chi connectivity index (χ3n) is 3.62. The molecule has 0 radical (unpaired) electrons. The molecule has 1 aromatic heterocycles. The Morgan fingerprint density at radius 2 is 1.86 bits per heavy atom. The SMILES string of the molecule is CC(C)Cc1nc(C(C)(C)c2ccccc2)[nH]c(=O)c1Br. The summed E-state index contributed by atoms with van der Waals surface area (Å²) in [6, 6.07) is 10.1. The van der Waals surface area contributed by atoms with Gasteiger partial charge in [0.25, 0.3) is 5.56 Å². The number of rotatable bonds is 4. The van der Waals surface area contributed by atoms with Gasteiger partial charge < -0.3 is 4.98 Å². The van der Waals surface area contributed by atoms with Gasteiger partial charge in [-0.1, -0.05) is 44.2 Å². The number of benzene rings is 1. The molecule has 0 aliphatic carbocycles. The molecule has 4 heteroatoms. The smallest absolute Gasteiger partial charge is 0.265 e. The third kappa shape index (κ3) is 3.43. The number of hydrogen-bond donors (Lipinski definition) is 1. The van der Waals surface area contributed by atoms with Gasteiger partial charge in [0.05, 0.1) is 5.69 Å². The molecule has 0 fully saturated rings. The minimum Gasteiger partial charge on any atom is -0.309 e. The van der Waals surface area contributed by atoms with E-state index in [1.807, 2.05) is 18.2 Å². The lowest BCUT2D eigenvalue weighted by Gasteiger charge is -2.25. The molecule has 2 aromatic rings. The highest BCUT2D eigenvalue weighted by Gasteiger charge is 2.27. The number of aromatic amines is 1. The predicted octanol–water partition coefficient (Wildman–Crippen LogP) is 4.06. The fourth-order valence-corrected chi connectivity index (χ4v) is 2.66. The Labute approximate surface area is 134 Å². The number of nitrogens with zero attached hydrogens (tertiary/aromatic N) is 1. The Bertz CT molecular complexity index is 675. The maximum Gasteiger partial charge on any atom is 0.265 e. The van der Waals surface area contributed by atoms with Gasteiger partial charge in [0.1, 0.15) is 10.3 Å². The normalized spacial score (nSPS) is 11.9. The second-order valence-electron chi connectivity index (χ2n) is 6.26. The summed E-state index contributed by atoms with van der Waals surface area (Å²) < 4.78 is 0.545. The summed E-state index contributed by atoms with van der Waals surface area (Å²) >= 11 is 3.36. The standard InChI is InChI=1S/C17H21BrN2O/c1-11(2)10-13-14(18)15(21)20-16(19-13)17(3,4)12-8-6-5-7-9-12/h5-9,11H,10H2,1-4H3,(H,19,20,21). The Kier molecular flexibility index (Phi) is 4.67. The topological polar surface area (TPSA) is 45.8 Å². The van der Waals surface area contributed by atoms with E-state index in [0.717, 1.165) is 17.7 Å². The van der Waals surface area contributed by atoms with Crippen molar-refractivity contribution < 1.29 is 0 Å². The van der Waals surface area contributed by atoms with Crippen LogP contribution in [0.5, 0.6) is 0 Å². The molecule has 0 atom stereocenters. The fraction of sp³-hybridized carbons (Fsp3) is 0.412. The van der Waals surface area contributed by atoms with Crippen molar-refractivity contribution in [2.24, 2.45) is 5.92 Å². The highest BCUT2D eigenvalue weighted by atomic mass is 79.9. The zero-order chi connectivity index (χ0) is 15.6. The van der Waals surface area contributed by atoms with Gasteiger partial charge >= 0.3 is 0 Å². The molecule has 2 rings (SSSR count). The Balaban J connectivity index is 2.54. The minimum absolute atomic E-state index is 0.111. The Morgan fingerprint density at radius 1 is 1.24 bits per heavy atom. The molecule has 0 unspecified atom stereocenters. The van der Waals surface area contributed by atoms with Gasteiger partial charge in [-0.3, -0.25) is 4.79 Å².